The molecule has 16 heavy (non-hydrogen) atoms. The lowest BCUT2D eigenvalue weighted by molar-refractivity contribution is -0.117. The molecular weight excluding hydrogens is 205 g/mol. The number of hydrogen-bond donors (Lipinski definition) is 1. The number of anilines is 1. The summed E-state index contributed by atoms with van der Waals surface area (Å²) in [6.45, 7) is 6.22. The van der Waals surface area contributed by atoms with E-state index in [0.717, 1.165) is 5.56 Å². The second kappa shape index (κ2) is 3.58. The van der Waals surface area contributed by atoms with E-state index in [1.165, 1.54) is 6.07 Å². The molecular formula is C13H16FNO. The molecule has 1 amide bonds. The van der Waals surface area contributed by atoms with Gasteiger partial charge in [0.15, 0.2) is 0 Å². The lowest BCUT2D eigenvalue weighted by atomic mass is 9.72. The molecule has 0 spiro atoms. The van der Waals surface area contributed by atoms with Crippen LogP contribution in [0.4, 0.5) is 10.1 Å². The summed E-state index contributed by atoms with van der Waals surface area (Å²) in [4.78, 5) is 11.6. The van der Waals surface area contributed by atoms with Crippen LogP contribution in [0, 0.1) is 11.2 Å². The summed E-state index contributed by atoms with van der Waals surface area (Å²) in [7, 11) is 0. The van der Waals surface area contributed by atoms with Gasteiger partial charge in [0.1, 0.15) is 5.82 Å². The van der Waals surface area contributed by atoms with E-state index in [2.05, 4.69) is 26.1 Å². The van der Waals surface area contributed by atoms with Crippen LogP contribution in [0.25, 0.3) is 0 Å². The van der Waals surface area contributed by atoms with Crippen LogP contribution >= 0.6 is 0 Å². The Hall–Kier alpha value is -1.38. The van der Waals surface area contributed by atoms with Crippen LogP contribution in [0.15, 0.2) is 18.2 Å². The molecule has 2 rings (SSSR count). The zero-order valence-electron chi connectivity index (χ0n) is 9.80. The Morgan fingerprint density at radius 3 is 2.69 bits per heavy atom. The molecule has 2 nitrogen and oxygen atoms in total. The quantitative estimate of drug-likeness (QED) is 0.715. The highest BCUT2D eigenvalue weighted by molar-refractivity contribution is 5.95. The molecule has 0 bridgehead atoms. The molecule has 1 aliphatic heterocycles. The largest absolute Gasteiger partial charge is 0.323 e. The lowest BCUT2D eigenvalue weighted by Gasteiger charge is -2.35. The standard InChI is InChI=1S/C13H16FNO/c1-13(2,3)9-7-11(16)15-12-8(9)5-4-6-10(12)14/h4-6,9H,7H2,1-3H3,(H,15,16). The van der Waals surface area contributed by atoms with Gasteiger partial charge in [-0.05, 0) is 23.0 Å². The molecule has 0 fully saturated rings. The van der Waals surface area contributed by atoms with Gasteiger partial charge in [-0.1, -0.05) is 32.9 Å². The van der Waals surface area contributed by atoms with Gasteiger partial charge in [0.05, 0.1) is 5.69 Å². The van der Waals surface area contributed by atoms with Crippen molar-refractivity contribution < 1.29 is 9.18 Å². The minimum Gasteiger partial charge on any atom is -0.323 e. The fourth-order valence-corrected chi connectivity index (χ4v) is 2.22. The number of hydrogen-bond acceptors (Lipinski definition) is 1. The minimum absolute atomic E-state index is 0.0414. The maximum absolute atomic E-state index is 13.6. The third-order valence-corrected chi connectivity index (χ3v) is 3.12. The molecule has 3 heteroatoms. The number of amides is 1. The van der Waals surface area contributed by atoms with E-state index in [1.807, 2.05) is 6.07 Å². The van der Waals surface area contributed by atoms with Crippen molar-refractivity contribution >= 4 is 11.6 Å². The number of fused-ring (bicyclic) bond motifs is 1. The Bertz CT molecular complexity index is 434. The zero-order chi connectivity index (χ0) is 11.9. The summed E-state index contributed by atoms with van der Waals surface area (Å²) in [5.41, 5.74) is 1.23. The van der Waals surface area contributed by atoms with Gasteiger partial charge in [0.2, 0.25) is 5.91 Å². The van der Waals surface area contributed by atoms with Gasteiger partial charge in [0.25, 0.3) is 0 Å². The van der Waals surface area contributed by atoms with Crippen molar-refractivity contribution in [2.75, 3.05) is 5.32 Å². The van der Waals surface area contributed by atoms with Crippen molar-refractivity contribution in [2.24, 2.45) is 5.41 Å². The number of carbonyl (C=O) groups is 1. The van der Waals surface area contributed by atoms with E-state index >= 15 is 0 Å². The van der Waals surface area contributed by atoms with Crippen LogP contribution in [0.1, 0.15) is 38.7 Å². The SMILES string of the molecule is CC(C)(C)C1CC(=O)Nc2c(F)cccc21. The van der Waals surface area contributed by atoms with Gasteiger partial charge in [-0.15, -0.1) is 0 Å². The van der Waals surface area contributed by atoms with Gasteiger partial charge in [-0.25, -0.2) is 4.39 Å². The number of para-hydroxylation sites is 1. The van der Waals surface area contributed by atoms with Crippen LogP contribution in [-0.4, -0.2) is 5.91 Å². The van der Waals surface area contributed by atoms with Crippen molar-refractivity contribution in [1.29, 1.82) is 0 Å². The summed E-state index contributed by atoms with van der Waals surface area (Å²) in [5, 5.41) is 2.62. The molecule has 1 heterocycles. The van der Waals surface area contributed by atoms with E-state index in [4.69, 9.17) is 0 Å². The molecule has 1 N–H and O–H groups in total. The first-order chi connectivity index (χ1) is 7.39. The lowest BCUT2D eigenvalue weighted by Crippen LogP contribution is -2.30. The topological polar surface area (TPSA) is 29.1 Å². The minimum atomic E-state index is -0.347. The molecule has 0 aliphatic carbocycles. The first-order valence-corrected chi connectivity index (χ1v) is 5.48. The molecule has 1 atom stereocenters. The van der Waals surface area contributed by atoms with Crippen molar-refractivity contribution in [1.82, 2.24) is 0 Å². The predicted octanol–water partition coefficient (Wildman–Crippen LogP) is 3.30. The third-order valence-electron chi connectivity index (χ3n) is 3.12. The maximum atomic E-state index is 13.6. The monoisotopic (exact) mass is 221 g/mol. The highest BCUT2D eigenvalue weighted by atomic mass is 19.1. The second-order valence-corrected chi connectivity index (χ2v) is 5.37. The fourth-order valence-electron chi connectivity index (χ4n) is 2.22. The van der Waals surface area contributed by atoms with Gasteiger partial charge in [-0.2, -0.15) is 0 Å². The Morgan fingerprint density at radius 1 is 1.38 bits per heavy atom. The third kappa shape index (κ3) is 1.82. The highest BCUT2D eigenvalue weighted by Crippen LogP contribution is 2.44. The fraction of sp³-hybridized carbons (Fsp3) is 0.462. The Balaban J connectivity index is 2.55. The number of benzene rings is 1. The first-order valence-electron chi connectivity index (χ1n) is 5.48. The average Bonchev–Trinajstić information content (AvgIpc) is 2.17. The van der Waals surface area contributed by atoms with Gasteiger partial charge in [0, 0.05) is 6.42 Å². The summed E-state index contributed by atoms with van der Waals surface area (Å²) >= 11 is 0. The van der Waals surface area contributed by atoms with Crippen LogP contribution in [0.2, 0.25) is 0 Å². The van der Waals surface area contributed by atoms with Crippen LogP contribution in [-0.2, 0) is 4.79 Å². The summed E-state index contributed by atoms with van der Waals surface area (Å²) in [6, 6.07) is 4.97. The van der Waals surface area contributed by atoms with Crippen molar-refractivity contribution in [3.05, 3.63) is 29.6 Å². The van der Waals surface area contributed by atoms with E-state index < -0.39 is 0 Å². The van der Waals surface area contributed by atoms with E-state index in [1.54, 1.807) is 6.07 Å². The van der Waals surface area contributed by atoms with Gasteiger partial charge >= 0.3 is 0 Å². The zero-order valence-corrected chi connectivity index (χ0v) is 9.80. The molecule has 1 aromatic rings. The molecule has 0 saturated heterocycles. The van der Waals surface area contributed by atoms with Crippen molar-refractivity contribution in [3.8, 4) is 0 Å². The molecule has 0 saturated carbocycles. The Morgan fingerprint density at radius 2 is 2.06 bits per heavy atom. The maximum Gasteiger partial charge on any atom is 0.225 e. The normalized spacial score (nSPS) is 20.2. The molecule has 1 aromatic carbocycles. The van der Waals surface area contributed by atoms with Crippen LogP contribution in [0.5, 0.6) is 0 Å². The summed E-state index contributed by atoms with van der Waals surface area (Å²) in [5.74, 6) is -0.371. The average molecular weight is 221 g/mol. The first kappa shape index (κ1) is 11.1. The number of halogens is 1. The summed E-state index contributed by atoms with van der Waals surface area (Å²) < 4.78 is 13.6. The molecule has 86 valence electrons. The van der Waals surface area contributed by atoms with Crippen LogP contribution < -0.4 is 5.32 Å². The van der Waals surface area contributed by atoms with Crippen LogP contribution in [0.3, 0.4) is 0 Å². The van der Waals surface area contributed by atoms with E-state index in [-0.39, 0.29) is 23.1 Å². The van der Waals surface area contributed by atoms with Crippen molar-refractivity contribution in [3.63, 3.8) is 0 Å². The number of carbonyl (C=O) groups excluding carboxylic acids is 1. The molecule has 1 aliphatic rings. The smallest absolute Gasteiger partial charge is 0.225 e. The molecule has 0 radical (unpaired) electrons. The second-order valence-electron chi connectivity index (χ2n) is 5.37. The number of nitrogens with one attached hydrogen (secondary N) is 1. The Kier molecular flexibility index (Phi) is 2.49. The van der Waals surface area contributed by atoms with E-state index in [0.29, 0.717) is 12.1 Å². The Labute approximate surface area is 94.9 Å². The van der Waals surface area contributed by atoms with E-state index in [9.17, 15) is 9.18 Å². The molecule has 0 aromatic heterocycles. The number of rotatable bonds is 0. The highest BCUT2D eigenvalue weighted by Gasteiger charge is 2.34. The van der Waals surface area contributed by atoms with Gasteiger partial charge < -0.3 is 5.32 Å². The van der Waals surface area contributed by atoms with Gasteiger partial charge in [-0.3, -0.25) is 4.79 Å². The van der Waals surface area contributed by atoms with Crippen molar-refractivity contribution in [2.45, 2.75) is 33.1 Å². The summed E-state index contributed by atoms with van der Waals surface area (Å²) in [6.07, 6.45) is 0.431. The predicted molar refractivity (Wildman–Crippen MR) is 61.8 cm³/mol. The molecule has 1 unspecified atom stereocenters.